The zero-order chi connectivity index (χ0) is 28.4. The summed E-state index contributed by atoms with van der Waals surface area (Å²) in [7, 11) is 0. The van der Waals surface area contributed by atoms with Gasteiger partial charge < -0.3 is 33.2 Å². The van der Waals surface area contributed by atoms with Crippen molar-refractivity contribution in [2.75, 3.05) is 72.7 Å². The molecule has 1 aromatic rings. The van der Waals surface area contributed by atoms with Crippen LogP contribution in [0.2, 0.25) is 0 Å². The van der Waals surface area contributed by atoms with E-state index in [4.69, 9.17) is 33.2 Å². The van der Waals surface area contributed by atoms with Crippen molar-refractivity contribution in [1.82, 2.24) is 0 Å². The van der Waals surface area contributed by atoms with E-state index in [1.165, 1.54) is 50.5 Å². The summed E-state index contributed by atoms with van der Waals surface area (Å²) >= 11 is 0. The van der Waals surface area contributed by atoms with Crippen LogP contribution in [0.15, 0.2) is 24.3 Å². The van der Waals surface area contributed by atoms with Crippen molar-refractivity contribution in [3.05, 3.63) is 29.8 Å². The summed E-state index contributed by atoms with van der Waals surface area (Å²) in [6.07, 6.45) is 10.5. The molecule has 39 heavy (non-hydrogen) atoms. The van der Waals surface area contributed by atoms with E-state index in [9.17, 15) is 4.79 Å². The van der Waals surface area contributed by atoms with Gasteiger partial charge in [0.25, 0.3) is 0 Å². The molecule has 0 aliphatic rings. The van der Waals surface area contributed by atoms with Crippen LogP contribution in [0.4, 0.5) is 0 Å². The predicted octanol–water partition coefficient (Wildman–Crippen LogP) is 5.78. The van der Waals surface area contributed by atoms with E-state index in [2.05, 4.69) is 19.1 Å². The Morgan fingerprint density at radius 2 is 1.08 bits per heavy atom. The second kappa shape index (κ2) is 24.1. The molecule has 0 N–H and O–H groups in total. The largest absolute Gasteiger partial charge is 0.491 e. The minimum absolute atomic E-state index is 0.0710. The molecule has 0 atom stereocenters. The zero-order valence-corrected chi connectivity index (χ0v) is 25.0. The molecule has 0 aliphatic carbocycles. The van der Waals surface area contributed by atoms with Gasteiger partial charge in [-0.2, -0.15) is 0 Å². The number of rotatable bonds is 26. The minimum atomic E-state index is -0.500. The second-order valence-corrected chi connectivity index (χ2v) is 10.5. The van der Waals surface area contributed by atoms with Crippen molar-refractivity contribution in [1.29, 1.82) is 0 Å². The van der Waals surface area contributed by atoms with Crippen LogP contribution in [0.3, 0.4) is 0 Å². The van der Waals surface area contributed by atoms with E-state index >= 15 is 0 Å². The Morgan fingerprint density at radius 1 is 0.615 bits per heavy atom. The lowest BCUT2D eigenvalue weighted by Gasteiger charge is -2.19. The summed E-state index contributed by atoms with van der Waals surface area (Å²) in [5.41, 5.74) is 0.877. The molecule has 226 valence electrons. The lowest BCUT2D eigenvalue weighted by Crippen LogP contribution is -2.27. The predicted molar refractivity (Wildman–Crippen MR) is 154 cm³/mol. The van der Waals surface area contributed by atoms with E-state index in [0.29, 0.717) is 66.1 Å². The number of hydrogen-bond donors (Lipinski definition) is 0. The number of aryl methyl sites for hydroxylation is 1. The van der Waals surface area contributed by atoms with Crippen LogP contribution in [0.1, 0.15) is 78.2 Å². The number of benzene rings is 1. The van der Waals surface area contributed by atoms with Crippen molar-refractivity contribution in [2.24, 2.45) is 0 Å². The average Bonchev–Trinajstić information content (AvgIpc) is 2.89. The molecule has 1 rings (SSSR count). The molecule has 0 amide bonds. The van der Waals surface area contributed by atoms with Gasteiger partial charge in [-0.05, 0) is 51.3 Å². The number of unbranched alkanes of at least 4 members (excludes halogenated alkanes) is 6. The molecule has 0 saturated carbocycles. The molecule has 1 aromatic carbocycles. The number of hydrogen-bond acceptors (Lipinski definition) is 8. The number of carbonyl (C=O) groups excluding carboxylic acids is 1. The van der Waals surface area contributed by atoms with Crippen molar-refractivity contribution in [3.8, 4) is 5.75 Å². The SMILES string of the molecule is CCCCCCCCCc1ccc(OCCOCCOCCOCCOCCOCC(=O)OC(C)(C)C)cc1. The molecule has 0 unspecified atom stereocenters. The van der Waals surface area contributed by atoms with Crippen molar-refractivity contribution in [2.45, 2.75) is 84.7 Å². The molecule has 8 heteroatoms. The van der Waals surface area contributed by atoms with Crippen molar-refractivity contribution < 1.29 is 38.0 Å². The molecular weight excluding hydrogens is 500 g/mol. The molecule has 0 aliphatic heterocycles. The number of esters is 1. The maximum absolute atomic E-state index is 11.5. The normalized spacial score (nSPS) is 11.6. The van der Waals surface area contributed by atoms with Gasteiger partial charge >= 0.3 is 5.97 Å². The summed E-state index contributed by atoms with van der Waals surface area (Å²) < 4.78 is 38.0. The Hall–Kier alpha value is -1.71. The van der Waals surface area contributed by atoms with E-state index in [-0.39, 0.29) is 12.6 Å². The Kier molecular flexibility index (Phi) is 21.8. The Morgan fingerprint density at radius 3 is 1.59 bits per heavy atom. The van der Waals surface area contributed by atoms with Gasteiger partial charge in [0.15, 0.2) is 0 Å². The molecule has 0 saturated heterocycles. The Balaban J connectivity index is 1.82. The van der Waals surface area contributed by atoms with E-state index in [1.807, 2.05) is 32.9 Å². The van der Waals surface area contributed by atoms with Gasteiger partial charge in [-0.15, -0.1) is 0 Å². The first-order chi connectivity index (χ1) is 18.9. The standard InChI is InChI=1S/C31H54O8/c1-5-6-7-8-9-10-11-12-28-13-15-29(16-14-28)38-26-25-36-22-21-34-18-17-33-19-20-35-23-24-37-27-30(32)39-31(2,3)4/h13-16H,5-12,17-27H2,1-4H3. The molecule has 0 spiro atoms. The third kappa shape index (κ3) is 23.9. The molecule has 8 nitrogen and oxygen atoms in total. The summed E-state index contributed by atoms with van der Waals surface area (Å²) in [5.74, 6) is 0.506. The maximum Gasteiger partial charge on any atom is 0.332 e. The highest BCUT2D eigenvalue weighted by molar-refractivity contribution is 5.71. The van der Waals surface area contributed by atoms with Crippen LogP contribution in [-0.4, -0.2) is 84.2 Å². The number of ether oxygens (including phenoxy) is 7. The van der Waals surface area contributed by atoms with Gasteiger partial charge in [-0.1, -0.05) is 57.6 Å². The van der Waals surface area contributed by atoms with Crippen LogP contribution in [0.5, 0.6) is 5.75 Å². The monoisotopic (exact) mass is 554 g/mol. The Bertz CT molecular complexity index is 687. The minimum Gasteiger partial charge on any atom is -0.491 e. The molecule has 0 heterocycles. The first-order valence-corrected chi connectivity index (χ1v) is 14.7. The zero-order valence-electron chi connectivity index (χ0n) is 25.0. The highest BCUT2D eigenvalue weighted by Crippen LogP contribution is 2.15. The number of carbonyl (C=O) groups is 1. The molecule has 0 fully saturated rings. The first-order valence-electron chi connectivity index (χ1n) is 14.7. The fourth-order valence-electron chi connectivity index (χ4n) is 3.66. The van der Waals surface area contributed by atoms with Gasteiger partial charge in [0.2, 0.25) is 0 Å². The molecule has 0 aromatic heterocycles. The van der Waals surface area contributed by atoms with Crippen molar-refractivity contribution in [3.63, 3.8) is 0 Å². The fraction of sp³-hybridized carbons (Fsp3) is 0.774. The average molecular weight is 555 g/mol. The van der Waals surface area contributed by atoms with Crippen LogP contribution >= 0.6 is 0 Å². The van der Waals surface area contributed by atoms with E-state index in [1.54, 1.807) is 0 Å². The maximum atomic E-state index is 11.5. The lowest BCUT2D eigenvalue weighted by molar-refractivity contribution is -0.160. The van der Waals surface area contributed by atoms with Gasteiger partial charge in [-0.25, -0.2) is 4.79 Å². The van der Waals surface area contributed by atoms with Crippen LogP contribution in [0.25, 0.3) is 0 Å². The first kappa shape index (κ1) is 35.3. The van der Waals surface area contributed by atoms with E-state index < -0.39 is 5.60 Å². The summed E-state index contributed by atoms with van der Waals surface area (Å²) in [4.78, 5) is 11.5. The fourth-order valence-corrected chi connectivity index (χ4v) is 3.66. The third-order valence-corrected chi connectivity index (χ3v) is 5.62. The van der Waals surface area contributed by atoms with Crippen LogP contribution < -0.4 is 4.74 Å². The van der Waals surface area contributed by atoms with Crippen LogP contribution in [-0.2, 0) is 39.6 Å². The van der Waals surface area contributed by atoms with Gasteiger partial charge in [0.05, 0.1) is 59.5 Å². The molecule has 0 radical (unpaired) electrons. The second-order valence-electron chi connectivity index (χ2n) is 10.5. The quantitative estimate of drug-likeness (QED) is 0.105. The highest BCUT2D eigenvalue weighted by atomic mass is 16.6. The smallest absolute Gasteiger partial charge is 0.332 e. The highest BCUT2D eigenvalue weighted by Gasteiger charge is 2.15. The van der Waals surface area contributed by atoms with E-state index in [0.717, 1.165) is 12.2 Å². The van der Waals surface area contributed by atoms with Gasteiger partial charge in [0, 0.05) is 0 Å². The summed E-state index contributed by atoms with van der Waals surface area (Å²) in [6, 6.07) is 8.42. The van der Waals surface area contributed by atoms with Gasteiger partial charge in [-0.3, -0.25) is 0 Å². The lowest BCUT2D eigenvalue weighted by atomic mass is 10.0. The molecular formula is C31H54O8. The topological polar surface area (TPSA) is 81.7 Å². The summed E-state index contributed by atoms with van der Waals surface area (Å²) in [6.45, 7) is 12.4. The third-order valence-electron chi connectivity index (χ3n) is 5.62. The van der Waals surface area contributed by atoms with Crippen LogP contribution in [0, 0.1) is 0 Å². The van der Waals surface area contributed by atoms with Gasteiger partial charge in [0.1, 0.15) is 24.6 Å². The Labute approximate surface area is 237 Å². The molecule has 0 bridgehead atoms. The van der Waals surface area contributed by atoms with Crippen molar-refractivity contribution >= 4 is 5.97 Å². The summed E-state index contributed by atoms with van der Waals surface area (Å²) in [5, 5.41) is 0.